The highest BCUT2D eigenvalue weighted by molar-refractivity contribution is 8.00. The van der Waals surface area contributed by atoms with Crippen LogP contribution in [0, 0.1) is 5.92 Å². The van der Waals surface area contributed by atoms with E-state index in [9.17, 15) is 14.4 Å². The van der Waals surface area contributed by atoms with E-state index in [4.69, 9.17) is 15.2 Å². The first-order chi connectivity index (χ1) is 12.9. The highest BCUT2D eigenvalue weighted by Gasteiger charge is 2.20. The molecule has 0 atom stereocenters. The maximum atomic E-state index is 12.6. The summed E-state index contributed by atoms with van der Waals surface area (Å²) in [6, 6.07) is 5.39. The van der Waals surface area contributed by atoms with Gasteiger partial charge in [-0.15, -0.1) is 11.8 Å². The van der Waals surface area contributed by atoms with E-state index in [0.29, 0.717) is 31.3 Å². The van der Waals surface area contributed by atoms with Gasteiger partial charge in [0.05, 0.1) is 5.75 Å². The molecule has 1 aromatic carbocycles. The molecule has 0 bridgehead atoms. The van der Waals surface area contributed by atoms with Crippen molar-refractivity contribution >= 4 is 23.4 Å². The zero-order chi connectivity index (χ0) is 19.6. The summed E-state index contributed by atoms with van der Waals surface area (Å²) in [6.07, 6.45) is 0. The number of benzene rings is 1. The number of Topliss-reactive ketones (excluding diaryl/α,β-unsaturated/α-hetero) is 1. The maximum absolute atomic E-state index is 12.6. The van der Waals surface area contributed by atoms with E-state index in [-0.39, 0.29) is 23.1 Å². The Labute approximate surface area is 159 Å². The average molecular weight is 391 g/mol. The lowest BCUT2D eigenvalue weighted by atomic mass is 10.2. The van der Waals surface area contributed by atoms with Crippen molar-refractivity contribution < 1.29 is 14.3 Å². The van der Waals surface area contributed by atoms with E-state index in [1.165, 1.54) is 16.3 Å². The molecule has 0 saturated heterocycles. The molecule has 2 heterocycles. The van der Waals surface area contributed by atoms with Crippen molar-refractivity contribution in [2.45, 2.75) is 25.3 Å². The Hall–Kier alpha value is -2.68. The largest absolute Gasteiger partial charge is 0.486 e. The summed E-state index contributed by atoms with van der Waals surface area (Å²) < 4.78 is 12.2. The van der Waals surface area contributed by atoms with Gasteiger partial charge in [0.2, 0.25) is 0 Å². The quantitative estimate of drug-likeness (QED) is 0.566. The number of H-pyrrole nitrogens is 1. The summed E-state index contributed by atoms with van der Waals surface area (Å²) in [5.41, 5.74) is 4.42. The number of ketones is 1. The predicted molar refractivity (Wildman–Crippen MR) is 103 cm³/mol. The highest BCUT2D eigenvalue weighted by atomic mass is 32.2. The Bertz CT molecular complexity index is 980. The molecule has 3 N–H and O–H groups in total. The Balaban J connectivity index is 1.80. The Morgan fingerprint density at radius 1 is 1.26 bits per heavy atom. The van der Waals surface area contributed by atoms with Crippen molar-refractivity contribution in [3.8, 4) is 11.5 Å². The number of nitrogen functional groups attached to an aromatic ring is 1. The minimum Gasteiger partial charge on any atom is -0.486 e. The van der Waals surface area contributed by atoms with Gasteiger partial charge in [-0.3, -0.25) is 19.1 Å². The summed E-state index contributed by atoms with van der Waals surface area (Å²) in [6.45, 7) is 5.12. The van der Waals surface area contributed by atoms with Crippen LogP contribution in [0.25, 0.3) is 0 Å². The third-order valence-corrected chi connectivity index (χ3v) is 4.94. The van der Waals surface area contributed by atoms with Crippen molar-refractivity contribution in [3.05, 3.63) is 44.6 Å². The van der Waals surface area contributed by atoms with Crippen LogP contribution in [0.3, 0.4) is 0 Å². The third-order valence-electron chi connectivity index (χ3n) is 3.95. The van der Waals surface area contributed by atoms with Gasteiger partial charge in [-0.1, -0.05) is 13.8 Å². The van der Waals surface area contributed by atoms with Gasteiger partial charge in [0.25, 0.3) is 5.56 Å². The van der Waals surface area contributed by atoms with E-state index in [1.807, 2.05) is 19.9 Å². The standard InChI is InChI=1S/C18H21N3O5S/c1-10(2)8-21-16(19)15(17(23)20-18(21)24)12(22)9-27-11-3-4-13-14(7-11)26-6-5-25-13/h3-4,7,10H,5-6,8-9,19H2,1-2H3,(H,20,23,24). The van der Waals surface area contributed by atoms with Gasteiger partial charge in [0, 0.05) is 11.4 Å². The molecule has 0 unspecified atom stereocenters. The van der Waals surface area contributed by atoms with Gasteiger partial charge in [0.15, 0.2) is 17.3 Å². The van der Waals surface area contributed by atoms with Crippen LogP contribution in [0.1, 0.15) is 24.2 Å². The molecule has 27 heavy (non-hydrogen) atoms. The average Bonchev–Trinajstić information content (AvgIpc) is 2.63. The van der Waals surface area contributed by atoms with E-state index >= 15 is 0 Å². The van der Waals surface area contributed by atoms with Crippen LogP contribution in [0.15, 0.2) is 32.7 Å². The Morgan fingerprint density at radius 3 is 2.67 bits per heavy atom. The molecule has 1 aliphatic rings. The summed E-state index contributed by atoms with van der Waals surface area (Å²) in [7, 11) is 0. The van der Waals surface area contributed by atoms with Gasteiger partial charge in [-0.05, 0) is 24.1 Å². The van der Waals surface area contributed by atoms with Crippen LogP contribution in [0.5, 0.6) is 11.5 Å². The van der Waals surface area contributed by atoms with Gasteiger partial charge < -0.3 is 15.2 Å². The number of rotatable bonds is 6. The van der Waals surface area contributed by atoms with Crippen LogP contribution in [-0.2, 0) is 6.54 Å². The van der Waals surface area contributed by atoms with Gasteiger partial charge in [-0.25, -0.2) is 4.79 Å². The number of hydrogen-bond donors (Lipinski definition) is 2. The monoisotopic (exact) mass is 391 g/mol. The van der Waals surface area contributed by atoms with E-state index in [0.717, 1.165) is 4.90 Å². The number of fused-ring (bicyclic) bond motifs is 1. The molecule has 0 spiro atoms. The minimum absolute atomic E-state index is 0.00675. The first kappa shape index (κ1) is 19.1. The van der Waals surface area contributed by atoms with Crippen molar-refractivity contribution in [2.75, 3.05) is 24.7 Å². The third kappa shape index (κ3) is 4.19. The van der Waals surface area contributed by atoms with Gasteiger partial charge in [0.1, 0.15) is 24.6 Å². The van der Waals surface area contributed by atoms with Gasteiger partial charge >= 0.3 is 5.69 Å². The lowest BCUT2D eigenvalue weighted by Crippen LogP contribution is -2.37. The van der Waals surface area contributed by atoms with Crippen LogP contribution < -0.4 is 26.5 Å². The summed E-state index contributed by atoms with van der Waals surface area (Å²) >= 11 is 1.26. The zero-order valence-corrected chi connectivity index (χ0v) is 15.9. The Kier molecular flexibility index (Phi) is 5.59. The smallest absolute Gasteiger partial charge is 0.329 e. The van der Waals surface area contributed by atoms with Crippen LogP contribution >= 0.6 is 11.8 Å². The van der Waals surface area contributed by atoms with E-state index in [1.54, 1.807) is 12.1 Å². The number of nitrogens with two attached hydrogens (primary N) is 1. The summed E-state index contributed by atoms with van der Waals surface area (Å²) in [5, 5.41) is 0. The number of ether oxygens (including phenoxy) is 2. The number of anilines is 1. The molecule has 9 heteroatoms. The number of carbonyl (C=O) groups is 1. The number of aromatic nitrogens is 2. The number of carbonyl (C=O) groups excluding carboxylic acids is 1. The van der Waals surface area contributed by atoms with E-state index < -0.39 is 17.0 Å². The second kappa shape index (κ2) is 7.91. The molecule has 144 valence electrons. The van der Waals surface area contributed by atoms with E-state index in [2.05, 4.69) is 4.98 Å². The lowest BCUT2D eigenvalue weighted by Gasteiger charge is -2.18. The highest BCUT2D eigenvalue weighted by Crippen LogP contribution is 2.34. The first-order valence-corrected chi connectivity index (χ1v) is 9.53. The molecular formula is C18H21N3O5S. The molecule has 0 aliphatic carbocycles. The molecule has 0 saturated carbocycles. The number of nitrogens with one attached hydrogen (secondary N) is 1. The SMILES string of the molecule is CC(C)Cn1c(N)c(C(=O)CSc2ccc3c(c2)OCCO3)c(=O)[nH]c1=O. The fourth-order valence-electron chi connectivity index (χ4n) is 2.74. The molecule has 0 amide bonds. The van der Waals surface area contributed by atoms with Crippen LogP contribution in [-0.4, -0.2) is 34.3 Å². The Morgan fingerprint density at radius 2 is 1.96 bits per heavy atom. The molecule has 3 rings (SSSR count). The topological polar surface area (TPSA) is 116 Å². The molecule has 0 fully saturated rings. The molecule has 1 aromatic heterocycles. The van der Waals surface area contributed by atoms with Crippen molar-refractivity contribution in [1.82, 2.24) is 9.55 Å². The van der Waals surface area contributed by atoms with Crippen molar-refractivity contribution in [2.24, 2.45) is 5.92 Å². The maximum Gasteiger partial charge on any atom is 0.329 e. The molecule has 2 aromatic rings. The fraction of sp³-hybridized carbons (Fsp3) is 0.389. The normalized spacial score (nSPS) is 13.0. The van der Waals surface area contributed by atoms with Crippen LogP contribution in [0.2, 0.25) is 0 Å². The second-order valence-corrected chi connectivity index (χ2v) is 7.59. The fourth-order valence-corrected chi connectivity index (χ4v) is 3.53. The second-order valence-electron chi connectivity index (χ2n) is 6.54. The minimum atomic E-state index is -0.759. The number of aromatic amines is 1. The number of hydrogen-bond acceptors (Lipinski definition) is 7. The summed E-state index contributed by atoms with van der Waals surface area (Å²) in [5.74, 6) is 0.898. The van der Waals surface area contributed by atoms with Crippen LogP contribution in [0.4, 0.5) is 5.82 Å². The molecule has 1 aliphatic heterocycles. The molecule has 0 radical (unpaired) electrons. The zero-order valence-electron chi connectivity index (χ0n) is 15.1. The summed E-state index contributed by atoms with van der Waals surface area (Å²) in [4.78, 5) is 39.7. The van der Waals surface area contributed by atoms with Crippen molar-refractivity contribution in [1.29, 1.82) is 0 Å². The van der Waals surface area contributed by atoms with Crippen molar-refractivity contribution in [3.63, 3.8) is 0 Å². The first-order valence-electron chi connectivity index (χ1n) is 8.55. The molecule has 8 nitrogen and oxygen atoms in total. The lowest BCUT2D eigenvalue weighted by molar-refractivity contribution is 0.102. The molecular weight excluding hydrogens is 370 g/mol. The van der Waals surface area contributed by atoms with Gasteiger partial charge in [-0.2, -0.15) is 0 Å². The predicted octanol–water partition coefficient (Wildman–Crippen LogP) is 1.52. The number of nitrogens with zero attached hydrogens (tertiary/aromatic N) is 1. The number of thioether (sulfide) groups is 1.